The second kappa shape index (κ2) is 2.31. The van der Waals surface area contributed by atoms with Gasteiger partial charge in [-0.3, -0.25) is 4.21 Å². The molecule has 0 aromatic carbocycles. The van der Waals surface area contributed by atoms with E-state index in [0.717, 1.165) is 0 Å². The Labute approximate surface area is 57.1 Å². The van der Waals surface area contributed by atoms with Gasteiger partial charge in [0.15, 0.2) is 0 Å². The van der Waals surface area contributed by atoms with Crippen molar-refractivity contribution in [3.05, 3.63) is 0 Å². The van der Waals surface area contributed by atoms with Gasteiger partial charge in [0.05, 0.1) is 0 Å². The highest BCUT2D eigenvalue weighted by atomic mass is 32.2. The minimum absolute atomic E-state index is 0.153. The standard InChI is InChI=1S/C6H14O2S/c1-6(2,3)5-9(4,7)8/h4-5H2,1-3H3,(H,7,8)/p-1. The Balaban J connectivity index is 4.07. The molecule has 0 radical (unpaired) electrons. The van der Waals surface area contributed by atoms with Crippen molar-refractivity contribution in [2.45, 2.75) is 20.8 Å². The van der Waals surface area contributed by atoms with E-state index in [1.165, 1.54) is 0 Å². The molecule has 0 aromatic heterocycles. The fraction of sp³-hybridized carbons (Fsp3) is 0.833. The van der Waals surface area contributed by atoms with Gasteiger partial charge in [0, 0.05) is 5.75 Å². The molecular weight excluding hydrogens is 136 g/mol. The van der Waals surface area contributed by atoms with Gasteiger partial charge in [-0.15, -0.1) is 0 Å². The van der Waals surface area contributed by atoms with Crippen molar-refractivity contribution in [3.63, 3.8) is 0 Å². The van der Waals surface area contributed by atoms with Crippen LogP contribution in [0.5, 0.6) is 0 Å². The van der Waals surface area contributed by atoms with Crippen LogP contribution in [0.25, 0.3) is 0 Å². The van der Waals surface area contributed by atoms with Gasteiger partial charge in [0.25, 0.3) is 0 Å². The van der Waals surface area contributed by atoms with E-state index in [-0.39, 0.29) is 11.2 Å². The molecule has 0 bridgehead atoms. The molecule has 2 nitrogen and oxygen atoms in total. The van der Waals surface area contributed by atoms with Crippen LogP contribution in [-0.2, 0) is 9.80 Å². The molecule has 1 atom stereocenters. The van der Waals surface area contributed by atoms with Crippen molar-refractivity contribution in [2.75, 3.05) is 5.75 Å². The Kier molecular flexibility index (Phi) is 2.30. The zero-order valence-corrected chi connectivity index (χ0v) is 6.96. The molecule has 0 spiro atoms. The largest absolute Gasteiger partial charge is 0.778 e. The maximum atomic E-state index is 10.5. The van der Waals surface area contributed by atoms with E-state index >= 15 is 0 Å². The van der Waals surface area contributed by atoms with Crippen LogP contribution >= 0.6 is 0 Å². The highest BCUT2D eigenvalue weighted by molar-refractivity contribution is 7.95. The summed E-state index contributed by atoms with van der Waals surface area (Å²) in [6.45, 7) is 5.61. The highest BCUT2D eigenvalue weighted by Crippen LogP contribution is 2.14. The highest BCUT2D eigenvalue weighted by Gasteiger charge is 2.10. The number of hydrogen-bond acceptors (Lipinski definition) is 2. The van der Waals surface area contributed by atoms with Gasteiger partial charge in [-0.2, -0.15) is 0 Å². The molecule has 0 heterocycles. The summed E-state index contributed by atoms with van der Waals surface area (Å²) in [6.07, 6.45) is 0. The monoisotopic (exact) mass is 149 g/mol. The van der Waals surface area contributed by atoms with Crippen molar-refractivity contribution in [1.82, 2.24) is 0 Å². The van der Waals surface area contributed by atoms with Gasteiger partial charge in [-0.05, 0) is 5.41 Å². The lowest BCUT2D eigenvalue weighted by Gasteiger charge is -2.23. The first kappa shape index (κ1) is 8.98. The van der Waals surface area contributed by atoms with Crippen molar-refractivity contribution in [2.24, 2.45) is 5.41 Å². The zero-order valence-electron chi connectivity index (χ0n) is 6.14. The van der Waals surface area contributed by atoms with Crippen molar-refractivity contribution < 1.29 is 8.76 Å². The molecule has 56 valence electrons. The zero-order chi connectivity index (χ0) is 7.71. The third-order valence-corrected chi connectivity index (χ3v) is 1.96. The fourth-order valence-electron chi connectivity index (χ4n) is 0.660. The molecule has 0 amide bonds. The summed E-state index contributed by atoms with van der Waals surface area (Å²) in [5, 5.41) is 0. The van der Waals surface area contributed by atoms with Gasteiger partial charge in [-0.25, -0.2) is 0 Å². The van der Waals surface area contributed by atoms with E-state index in [2.05, 4.69) is 5.87 Å². The molecule has 0 aliphatic heterocycles. The number of hydrogen-bond donors (Lipinski definition) is 0. The van der Waals surface area contributed by atoms with Crippen LogP contribution < -0.4 is 0 Å². The number of rotatable bonds is 1. The summed E-state index contributed by atoms with van der Waals surface area (Å²) in [6, 6.07) is 0. The first-order valence-corrected chi connectivity index (χ1v) is 4.59. The molecule has 1 unspecified atom stereocenters. The fourth-order valence-corrected chi connectivity index (χ4v) is 1.98. The van der Waals surface area contributed by atoms with Gasteiger partial charge < -0.3 is 4.55 Å². The molecule has 9 heavy (non-hydrogen) atoms. The first-order chi connectivity index (χ1) is 3.71. The van der Waals surface area contributed by atoms with Gasteiger partial charge in [0.1, 0.15) is 0 Å². The molecule has 0 fully saturated rings. The predicted octanol–water partition coefficient (Wildman–Crippen LogP) is 0.879. The van der Waals surface area contributed by atoms with Crippen LogP contribution in [0.1, 0.15) is 20.8 Å². The average molecular weight is 149 g/mol. The Bertz CT molecular complexity index is 172. The first-order valence-electron chi connectivity index (χ1n) is 2.76. The van der Waals surface area contributed by atoms with Crippen molar-refractivity contribution >= 4 is 15.7 Å². The SMILES string of the molecule is C=S(=O)([O-])CC(C)(C)C. The molecular formula is C6H13O2S-. The summed E-state index contributed by atoms with van der Waals surface area (Å²) >= 11 is 0. The Morgan fingerprint density at radius 3 is 1.89 bits per heavy atom. The normalized spacial score (nSPS) is 19.1. The maximum absolute atomic E-state index is 10.5. The van der Waals surface area contributed by atoms with Crippen molar-refractivity contribution in [3.8, 4) is 0 Å². The Morgan fingerprint density at radius 1 is 1.56 bits per heavy atom. The Morgan fingerprint density at radius 2 is 1.89 bits per heavy atom. The van der Waals surface area contributed by atoms with E-state index in [1.54, 1.807) is 0 Å². The quantitative estimate of drug-likeness (QED) is 0.519. The van der Waals surface area contributed by atoms with E-state index in [4.69, 9.17) is 0 Å². The maximum Gasteiger partial charge on any atom is 0.00840 e. The summed E-state index contributed by atoms with van der Waals surface area (Å²) < 4.78 is 21.1. The molecule has 3 heteroatoms. The molecule has 0 aliphatic carbocycles. The molecule has 0 aliphatic rings. The molecule has 0 saturated carbocycles. The minimum Gasteiger partial charge on any atom is -0.778 e. The minimum atomic E-state index is -3.03. The second-order valence-corrected chi connectivity index (χ2v) is 5.22. The lowest BCUT2D eigenvalue weighted by Crippen LogP contribution is -2.19. The van der Waals surface area contributed by atoms with Crippen LogP contribution in [-0.4, -0.2) is 20.4 Å². The smallest absolute Gasteiger partial charge is 0.00840 e. The van der Waals surface area contributed by atoms with Gasteiger partial charge >= 0.3 is 0 Å². The third-order valence-electron chi connectivity index (χ3n) is 0.653. The van der Waals surface area contributed by atoms with Crippen LogP contribution in [0.2, 0.25) is 0 Å². The topological polar surface area (TPSA) is 40.1 Å². The van der Waals surface area contributed by atoms with Crippen molar-refractivity contribution in [1.29, 1.82) is 0 Å². The molecule has 0 aromatic rings. The molecule has 0 N–H and O–H groups in total. The van der Waals surface area contributed by atoms with Crippen LogP contribution in [0.4, 0.5) is 0 Å². The molecule has 0 rings (SSSR count). The summed E-state index contributed by atoms with van der Waals surface area (Å²) in [5.41, 5.74) is -0.166. The summed E-state index contributed by atoms with van der Waals surface area (Å²) in [5.74, 6) is 3.18. The predicted molar refractivity (Wildman–Crippen MR) is 40.4 cm³/mol. The molecule has 0 saturated heterocycles. The second-order valence-electron chi connectivity index (χ2n) is 3.45. The summed E-state index contributed by atoms with van der Waals surface area (Å²) in [4.78, 5) is 0. The van der Waals surface area contributed by atoms with Crippen LogP contribution in [0.15, 0.2) is 0 Å². The van der Waals surface area contributed by atoms with E-state index < -0.39 is 9.80 Å². The average Bonchev–Trinajstić information content (AvgIpc) is 1.14. The van der Waals surface area contributed by atoms with E-state index in [1.807, 2.05) is 20.8 Å². The van der Waals surface area contributed by atoms with E-state index in [9.17, 15) is 8.76 Å². The summed E-state index contributed by atoms with van der Waals surface area (Å²) in [7, 11) is -3.03. The van der Waals surface area contributed by atoms with E-state index in [0.29, 0.717) is 0 Å². The van der Waals surface area contributed by atoms with Gasteiger partial charge in [-0.1, -0.05) is 36.4 Å². The van der Waals surface area contributed by atoms with Crippen LogP contribution in [0.3, 0.4) is 0 Å². The third kappa shape index (κ3) is 7.98. The lowest BCUT2D eigenvalue weighted by atomic mass is 10.0. The van der Waals surface area contributed by atoms with Crippen LogP contribution in [0, 0.1) is 5.41 Å². The Hall–Kier alpha value is -0.0200. The van der Waals surface area contributed by atoms with Gasteiger partial charge in [0.2, 0.25) is 0 Å². The lowest BCUT2D eigenvalue weighted by molar-refractivity contribution is 0.446.